The first kappa shape index (κ1) is 11.5. The van der Waals surface area contributed by atoms with E-state index in [0.29, 0.717) is 18.2 Å². The van der Waals surface area contributed by atoms with Gasteiger partial charge in [-0.25, -0.2) is 0 Å². The number of nitrogens with two attached hydrogens (primary N) is 1. The van der Waals surface area contributed by atoms with Crippen LogP contribution in [0.4, 0.5) is 0 Å². The van der Waals surface area contributed by atoms with Crippen LogP contribution in [0.2, 0.25) is 0 Å². The van der Waals surface area contributed by atoms with Gasteiger partial charge in [0.2, 0.25) is 0 Å². The lowest BCUT2D eigenvalue weighted by molar-refractivity contribution is 0.268. The Hall–Kier alpha value is -1.02. The molecule has 1 aromatic carbocycles. The molecule has 0 radical (unpaired) electrons. The second-order valence-corrected chi connectivity index (χ2v) is 5.52. The highest BCUT2D eigenvalue weighted by atomic mass is 16.3. The third-order valence-electron chi connectivity index (χ3n) is 3.91. The number of aromatic hydroxyl groups is 1. The van der Waals surface area contributed by atoms with Gasteiger partial charge in [0.05, 0.1) is 0 Å². The molecule has 16 heavy (non-hydrogen) atoms. The number of hydrogen-bond acceptors (Lipinski definition) is 2. The van der Waals surface area contributed by atoms with Gasteiger partial charge in [0.25, 0.3) is 0 Å². The molecule has 0 aromatic heterocycles. The van der Waals surface area contributed by atoms with E-state index in [1.165, 1.54) is 24.0 Å². The average molecular weight is 219 g/mol. The van der Waals surface area contributed by atoms with Crippen molar-refractivity contribution in [3.05, 3.63) is 29.3 Å². The molecule has 3 N–H and O–H groups in total. The van der Waals surface area contributed by atoms with Gasteiger partial charge in [0.15, 0.2) is 0 Å². The Morgan fingerprint density at radius 3 is 2.88 bits per heavy atom. The molecule has 88 valence electrons. The summed E-state index contributed by atoms with van der Waals surface area (Å²) in [6.45, 7) is 5.18. The van der Waals surface area contributed by atoms with Crippen molar-refractivity contribution in [3.8, 4) is 5.75 Å². The van der Waals surface area contributed by atoms with Gasteiger partial charge in [0.1, 0.15) is 5.75 Å². The number of phenols is 1. The van der Waals surface area contributed by atoms with Crippen molar-refractivity contribution in [1.82, 2.24) is 0 Å². The molecule has 0 spiro atoms. The smallest absolute Gasteiger partial charge is 0.115 e. The lowest BCUT2D eigenvalue weighted by Gasteiger charge is -2.37. The fourth-order valence-electron chi connectivity index (χ4n) is 2.75. The minimum atomic E-state index is 0.145. The monoisotopic (exact) mass is 219 g/mol. The summed E-state index contributed by atoms with van der Waals surface area (Å²) in [5, 5.41) is 9.51. The van der Waals surface area contributed by atoms with Gasteiger partial charge in [-0.1, -0.05) is 19.9 Å². The van der Waals surface area contributed by atoms with Crippen molar-refractivity contribution in [2.75, 3.05) is 6.54 Å². The molecule has 0 heterocycles. The maximum atomic E-state index is 9.51. The molecule has 1 aliphatic carbocycles. The van der Waals surface area contributed by atoms with E-state index in [1.54, 1.807) is 6.07 Å². The van der Waals surface area contributed by atoms with Crippen molar-refractivity contribution in [3.63, 3.8) is 0 Å². The maximum Gasteiger partial charge on any atom is 0.115 e. The summed E-state index contributed by atoms with van der Waals surface area (Å²) < 4.78 is 0. The predicted octanol–water partition coefficient (Wildman–Crippen LogP) is 2.80. The highest BCUT2D eigenvalue weighted by Gasteiger charge is 2.32. The fourth-order valence-corrected chi connectivity index (χ4v) is 2.75. The summed E-state index contributed by atoms with van der Waals surface area (Å²) in [5.74, 6) is 0.909. The Labute approximate surface area is 97.5 Å². The zero-order chi connectivity index (χ0) is 11.8. The first-order valence-corrected chi connectivity index (χ1v) is 6.06. The van der Waals surface area contributed by atoms with Crippen LogP contribution in [-0.2, 0) is 6.42 Å². The third-order valence-corrected chi connectivity index (χ3v) is 3.91. The molecule has 0 amide bonds. The summed E-state index contributed by atoms with van der Waals surface area (Å²) in [6.07, 6.45) is 3.49. The topological polar surface area (TPSA) is 46.2 Å². The molecule has 1 aromatic rings. The van der Waals surface area contributed by atoms with Crippen LogP contribution in [0.3, 0.4) is 0 Å². The van der Waals surface area contributed by atoms with Crippen molar-refractivity contribution < 1.29 is 5.11 Å². The number of benzene rings is 1. The highest BCUT2D eigenvalue weighted by Crippen LogP contribution is 2.43. The van der Waals surface area contributed by atoms with Gasteiger partial charge in [-0.05, 0) is 60.4 Å². The number of phenolic OH excluding ortho intramolecular Hbond substituents is 1. The van der Waals surface area contributed by atoms with Crippen LogP contribution >= 0.6 is 0 Å². The Morgan fingerprint density at radius 2 is 2.19 bits per heavy atom. The van der Waals surface area contributed by atoms with E-state index in [2.05, 4.69) is 19.9 Å². The van der Waals surface area contributed by atoms with Crippen LogP contribution in [-0.4, -0.2) is 11.7 Å². The van der Waals surface area contributed by atoms with Crippen molar-refractivity contribution in [2.45, 2.75) is 39.0 Å². The standard InChI is InChI=1S/C14H21NO/c1-14(2,9-15)13-5-3-4-10-8-11(16)6-7-12(10)13/h6-8,13,16H,3-5,9,15H2,1-2H3. The largest absolute Gasteiger partial charge is 0.508 e. The van der Waals surface area contributed by atoms with Crippen molar-refractivity contribution in [1.29, 1.82) is 0 Å². The van der Waals surface area contributed by atoms with Gasteiger partial charge >= 0.3 is 0 Å². The van der Waals surface area contributed by atoms with Crippen molar-refractivity contribution >= 4 is 0 Å². The molecule has 0 fully saturated rings. The molecule has 1 atom stereocenters. The summed E-state index contributed by atoms with van der Waals surface area (Å²) in [7, 11) is 0. The fraction of sp³-hybridized carbons (Fsp3) is 0.571. The first-order valence-electron chi connectivity index (χ1n) is 6.06. The third kappa shape index (κ3) is 1.94. The molecule has 2 nitrogen and oxygen atoms in total. The van der Waals surface area contributed by atoms with Gasteiger partial charge < -0.3 is 10.8 Å². The minimum absolute atomic E-state index is 0.145. The van der Waals surface area contributed by atoms with Crippen LogP contribution in [0.5, 0.6) is 5.75 Å². The first-order chi connectivity index (χ1) is 7.54. The van der Waals surface area contributed by atoms with E-state index in [1.807, 2.05) is 6.07 Å². The zero-order valence-corrected chi connectivity index (χ0v) is 10.2. The second kappa shape index (κ2) is 4.10. The summed E-state index contributed by atoms with van der Waals surface area (Å²) in [4.78, 5) is 0. The molecule has 0 bridgehead atoms. The molecule has 0 saturated carbocycles. The van der Waals surface area contributed by atoms with Gasteiger partial charge in [0, 0.05) is 0 Å². The van der Waals surface area contributed by atoms with E-state index >= 15 is 0 Å². The summed E-state index contributed by atoms with van der Waals surface area (Å²) in [5.41, 5.74) is 8.71. The Morgan fingerprint density at radius 1 is 1.44 bits per heavy atom. The molecule has 0 aliphatic heterocycles. The lowest BCUT2D eigenvalue weighted by atomic mass is 9.68. The minimum Gasteiger partial charge on any atom is -0.508 e. The SMILES string of the molecule is CC(C)(CN)C1CCCc2cc(O)ccc21. The van der Waals surface area contributed by atoms with E-state index in [4.69, 9.17) is 5.73 Å². The molecular formula is C14H21NO. The molecular weight excluding hydrogens is 198 g/mol. The summed E-state index contributed by atoms with van der Waals surface area (Å²) in [6, 6.07) is 5.78. The van der Waals surface area contributed by atoms with E-state index in [9.17, 15) is 5.11 Å². The maximum absolute atomic E-state index is 9.51. The van der Waals surface area contributed by atoms with Crippen LogP contribution in [0.25, 0.3) is 0 Å². The highest BCUT2D eigenvalue weighted by molar-refractivity contribution is 5.39. The van der Waals surface area contributed by atoms with Crippen molar-refractivity contribution in [2.24, 2.45) is 11.1 Å². The summed E-state index contributed by atoms with van der Waals surface area (Å²) >= 11 is 0. The zero-order valence-electron chi connectivity index (χ0n) is 10.2. The van der Waals surface area contributed by atoms with Gasteiger partial charge in [-0.2, -0.15) is 0 Å². The number of rotatable bonds is 2. The van der Waals surface area contributed by atoms with E-state index in [0.717, 1.165) is 6.42 Å². The lowest BCUT2D eigenvalue weighted by Crippen LogP contribution is -2.32. The van der Waals surface area contributed by atoms with Crippen LogP contribution < -0.4 is 5.73 Å². The number of fused-ring (bicyclic) bond motifs is 1. The Balaban J connectivity index is 2.40. The van der Waals surface area contributed by atoms with Gasteiger partial charge in [-0.15, -0.1) is 0 Å². The Bertz CT molecular complexity index is 384. The normalized spacial score (nSPS) is 20.6. The van der Waals surface area contributed by atoms with Crippen LogP contribution in [0.15, 0.2) is 18.2 Å². The number of hydrogen-bond donors (Lipinski definition) is 2. The van der Waals surface area contributed by atoms with Crippen LogP contribution in [0, 0.1) is 5.41 Å². The molecule has 1 unspecified atom stereocenters. The quantitative estimate of drug-likeness (QED) is 0.803. The predicted molar refractivity (Wildman–Crippen MR) is 66.6 cm³/mol. The number of aryl methyl sites for hydroxylation is 1. The molecule has 2 rings (SSSR count). The van der Waals surface area contributed by atoms with E-state index < -0.39 is 0 Å². The van der Waals surface area contributed by atoms with E-state index in [-0.39, 0.29) is 5.41 Å². The Kier molecular flexibility index (Phi) is 2.94. The van der Waals surface area contributed by atoms with Crippen LogP contribution in [0.1, 0.15) is 43.7 Å². The molecule has 1 aliphatic rings. The molecule has 2 heteroatoms. The van der Waals surface area contributed by atoms with Gasteiger partial charge in [-0.3, -0.25) is 0 Å². The second-order valence-electron chi connectivity index (χ2n) is 5.52. The molecule has 0 saturated heterocycles. The average Bonchev–Trinajstić information content (AvgIpc) is 2.27.